The summed E-state index contributed by atoms with van der Waals surface area (Å²) in [5, 5.41) is 2.88. The van der Waals surface area contributed by atoms with Crippen molar-refractivity contribution in [2.75, 3.05) is 5.32 Å². The van der Waals surface area contributed by atoms with Crippen molar-refractivity contribution in [3.05, 3.63) is 24.0 Å². The monoisotopic (exact) mass is 190 g/mol. The zero-order valence-corrected chi connectivity index (χ0v) is 8.66. The zero-order chi connectivity index (χ0) is 10.3. The van der Waals surface area contributed by atoms with Gasteiger partial charge < -0.3 is 5.32 Å². The van der Waals surface area contributed by atoms with Crippen LogP contribution in [-0.2, 0) is 4.79 Å². The lowest BCUT2D eigenvalue weighted by atomic mass is 9.78. The summed E-state index contributed by atoms with van der Waals surface area (Å²) in [4.78, 5) is 15.8. The molecule has 1 aromatic rings. The highest BCUT2D eigenvalue weighted by atomic mass is 16.2. The maximum atomic E-state index is 11.7. The van der Waals surface area contributed by atoms with E-state index in [1.54, 1.807) is 12.4 Å². The molecule has 0 spiro atoms. The first-order valence-corrected chi connectivity index (χ1v) is 4.75. The summed E-state index contributed by atoms with van der Waals surface area (Å²) in [5.74, 6) is 0.00620. The summed E-state index contributed by atoms with van der Waals surface area (Å²) < 4.78 is 0. The number of aromatic nitrogens is 1. The predicted octanol–water partition coefficient (Wildman–Crippen LogP) is 2.16. The van der Waals surface area contributed by atoms with Crippen molar-refractivity contribution >= 4 is 11.6 Å². The largest absolute Gasteiger partial charge is 0.325 e. The normalized spacial score (nSPS) is 20.5. The third-order valence-corrected chi connectivity index (χ3v) is 2.55. The van der Waals surface area contributed by atoms with Crippen LogP contribution < -0.4 is 5.32 Å². The molecule has 0 saturated carbocycles. The highest BCUT2D eigenvalue weighted by molar-refractivity contribution is 6.03. The number of fused-ring (bicyclic) bond motifs is 1. The van der Waals surface area contributed by atoms with Crippen LogP contribution in [0.5, 0.6) is 0 Å². The van der Waals surface area contributed by atoms with Crippen molar-refractivity contribution in [1.29, 1.82) is 0 Å². The molecule has 2 heterocycles. The first kappa shape index (κ1) is 9.19. The lowest BCUT2D eigenvalue weighted by Crippen LogP contribution is -2.25. The second-order valence-corrected chi connectivity index (χ2v) is 4.75. The number of amides is 1. The Morgan fingerprint density at radius 1 is 1.43 bits per heavy atom. The van der Waals surface area contributed by atoms with Gasteiger partial charge in [-0.1, -0.05) is 20.8 Å². The molecule has 3 nitrogen and oxygen atoms in total. The molecular formula is C11H14N2O. The molecule has 1 aliphatic rings. The number of carbonyl (C=O) groups is 1. The van der Waals surface area contributed by atoms with Gasteiger partial charge in [-0.05, 0) is 11.5 Å². The van der Waals surface area contributed by atoms with Crippen LogP contribution in [0.15, 0.2) is 18.5 Å². The minimum atomic E-state index is -0.0776. The van der Waals surface area contributed by atoms with Crippen LogP contribution in [0.4, 0.5) is 5.69 Å². The van der Waals surface area contributed by atoms with Gasteiger partial charge in [0.05, 0.1) is 5.92 Å². The van der Waals surface area contributed by atoms with Gasteiger partial charge in [0, 0.05) is 23.6 Å². The molecule has 1 atom stereocenters. The molecule has 1 aliphatic heterocycles. The Morgan fingerprint density at radius 2 is 2.14 bits per heavy atom. The summed E-state index contributed by atoms with van der Waals surface area (Å²) in [6, 6.07) is 1.85. The quantitative estimate of drug-likeness (QED) is 0.681. The fourth-order valence-corrected chi connectivity index (χ4v) is 1.96. The Hall–Kier alpha value is -1.38. The second-order valence-electron chi connectivity index (χ2n) is 4.75. The highest BCUT2D eigenvalue weighted by Crippen LogP contribution is 2.42. The van der Waals surface area contributed by atoms with Crippen LogP contribution >= 0.6 is 0 Å². The second kappa shape index (κ2) is 2.80. The molecule has 0 bridgehead atoms. The number of nitrogens with zero attached hydrogens (tertiary/aromatic N) is 1. The van der Waals surface area contributed by atoms with Crippen LogP contribution in [0, 0.1) is 5.41 Å². The molecule has 0 aromatic carbocycles. The number of hydrogen-bond acceptors (Lipinski definition) is 2. The fraction of sp³-hybridized carbons (Fsp3) is 0.455. The molecule has 0 fully saturated rings. The molecule has 74 valence electrons. The third-order valence-electron chi connectivity index (χ3n) is 2.55. The average molecular weight is 190 g/mol. The number of anilines is 1. The molecule has 0 saturated heterocycles. The lowest BCUT2D eigenvalue weighted by molar-refractivity contribution is -0.119. The van der Waals surface area contributed by atoms with Gasteiger partial charge in [-0.3, -0.25) is 9.78 Å². The molecule has 0 aliphatic carbocycles. The molecule has 0 radical (unpaired) electrons. The van der Waals surface area contributed by atoms with Crippen molar-refractivity contribution < 1.29 is 4.79 Å². The maximum Gasteiger partial charge on any atom is 0.232 e. The maximum absolute atomic E-state index is 11.7. The summed E-state index contributed by atoms with van der Waals surface area (Å²) in [5.41, 5.74) is 1.87. The van der Waals surface area contributed by atoms with Gasteiger partial charge >= 0.3 is 0 Å². The Balaban J connectivity index is 2.50. The molecule has 1 N–H and O–H groups in total. The first-order valence-electron chi connectivity index (χ1n) is 4.75. The Labute approximate surface area is 83.5 Å². The van der Waals surface area contributed by atoms with E-state index in [9.17, 15) is 4.79 Å². The number of nitrogens with one attached hydrogen (secondary N) is 1. The van der Waals surface area contributed by atoms with E-state index in [-0.39, 0.29) is 17.2 Å². The summed E-state index contributed by atoms with van der Waals surface area (Å²) >= 11 is 0. The summed E-state index contributed by atoms with van der Waals surface area (Å²) in [6.45, 7) is 6.21. The van der Waals surface area contributed by atoms with Gasteiger partial charge in [0.15, 0.2) is 0 Å². The molecule has 1 unspecified atom stereocenters. The zero-order valence-electron chi connectivity index (χ0n) is 8.66. The van der Waals surface area contributed by atoms with E-state index in [4.69, 9.17) is 0 Å². The van der Waals surface area contributed by atoms with Gasteiger partial charge in [-0.25, -0.2) is 0 Å². The predicted molar refractivity (Wildman–Crippen MR) is 55.1 cm³/mol. The minimum Gasteiger partial charge on any atom is -0.325 e. The number of rotatable bonds is 0. The van der Waals surface area contributed by atoms with Gasteiger partial charge in [-0.2, -0.15) is 0 Å². The summed E-state index contributed by atoms with van der Waals surface area (Å²) in [6.07, 6.45) is 3.48. The smallest absolute Gasteiger partial charge is 0.232 e. The number of carbonyl (C=O) groups excluding carboxylic acids is 1. The van der Waals surface area contributed by atoms with Crippen molar-refractivity contribution in [2.45, 2.75) is 26.7 Å². The van der Waals surface area contributed by atoms with E-state index in [0.717, 1.165) is 11.3 Å². The van der Waals surface area contributed by atoms with Gasteiger partial charge in [0.25, 0.3) is 0 Å². The van der Waals surface area contributed by atoms with E-state index in [2.05, 4.69) is 31.1 Å². The molecule has 3 heteroatoms. The van der Waals surface area contributed by atoms with E-state index < -0.39 is 0 Å². The highest BCUT2D eigenvalue weighted by Gasteiger charge is 2.39. The van der Waals surface area contributed by atoms with Gasteiger partial charge in [-0.15, -0.1) is 0 Å². The van der Waals surface area contributed by atoms with Crippen LogP contribution in [0.25, 0.3) is 0 Å². The van der Waals surface area contributed by atoms with E-state index in [0.29, 0.717) is 0 Å². The van der Waals surface area contributed by atoms with Crippen LogP contribution in [-0.4, -0.2) is 10.9 Å². The van der Waals surface area contributed by atoms with Crippen LogP contribution in [0.3, 0.4) is 0 Å². The Bertz CT molecular complexity index is 379. The van der Waals surface area contributed by atoms with E-state index in [1.165, 1.54) is 0 Å². The standard InChI is InChI=1S/C11H14N2O/c1-11(2,3)9-7-6-12-5-4-8(7)13-10(9)14/h4-6,9H,1-3H3,(H,13,14). The molecule has 1 aromatic heterocycles. The average Bonchev–Trinajstić information content (AvgIpc) is 2.38. The summed E-state index contributed by atoms with van der Waals surface area (Å²) in [7, 11) is 0. The lowest BCUT2D eigenvalue weighted by Gasteiger charge is -2.24. The van der Waals surface area contributed by atoms with Crippen LogP contribution in [0.2, 0.25) is 0 Å². The molecular weight excluding hydrogens is 176 g/mol. The number of hydrogen-bond donors (Lipinski definition) is 1. The van der Waals surface area contributed by atoms with Crippen molar-refractivity contribution in [2.24, 2.45) is 5.41 Å². The molecule has 2 rings (SSSR count). The fourth-order valence-electron chi connectivity index (χ4n) is 1.96. The number of pyridine rings is 1. The van der Waals surface area contributed by atoms with E-state index >= 15 is 0 Å². The Kier molecular flexibility index (Phi) is 1.84. The SMILES string of the molecule is CC(C)(C)C1C(=O)Nc2ccncc21. The van der Waals surface area contributed by atoms with Gasteiger partial charge in [0.2, 0.25) is 5.91 Å². The van der Waals surface area contributed by atoms with Crippen LogP contribution in [0.1, 0.15) is 32.3 Å². The van der Waals surface area contributed by atoms with Crippen molar-refractivity contribution in [1.82, 2.24) is 4.98 Å². The van der Waals surface area contributed by atoms with Crippen molar-refractivity contribution in [3.63, 3.8) is 0 Å². The third kappa shape index (κ3) is 1.29. The van der Waals surface area contributed by atoms with E-state index in [1.807, 2.05) is 6.07 Å². The Morgan fingerprint density at radius 3 is 2.79 bits per heavy atom. The first-order chi connectivity index (χ1) is 6.50. The molecule has 1 amide bonds. The van der Waals surface area contributed by atoms with Crippen molar-refractivity contribution in [3.8, 4) is 0 Å². The minimum absolute atomic E-state index is 0.0572. The molecule has 14 heavy (non-hydrogen) atoms. The topological polar surface area (TPSA) is 42.0 Å². The van der Waals surface area contributed by atoms with Gasteiger partial charge in [0.1, 0.15) is 0 Å².